The Kier molecular flexibility index (Phi) is 4.20. The molecule has 4 heteroatoms. The fourth-order valence-corrected chi connectivity index (χ4v) is 2.70. The van der Waals surface area contributed by atoms with E-state index in [2.05, 4.69) is 18.7 Å². The van der Waals surface area contributed by atoms with E-state index in [9.17, 15) is 4.79 Å². The minimum atomic E-state index is -0.0225. The van der Waals surface area contributed by atoms with Crippen LogP contribution in [-0.4, -0.2) is 29.0 Å². The number of para-hydroxylation sites is 1. The lowest BCUT2D eigenvalue weighted by atomic mass is 10.1. The van der Waals surface area contributed by atoms with Crippen LogP contribution in [-0.2, 0) is 4.79 Å². The van der Waals surface area contributed by atoms with E-state index in [1.165, 1.54) is 0 Å². The number of thiocarbonyl (C=S) groups is 1. The molecule has 1 heterocycles. The van der Waals surface area contributed by atoms with Crippen molar-refractivity contribution in [3.05, 3.63) is 30.3 Å². The van der Waals surface area contributed by atoms with E-state index in [0.717, 1.165) is 18.8 Å². The molecule has 0 aromatic heterocycles. The van der Waals surface area contributed by atoms with Gasteiger partial charge in [-0.2, -0.15) is 0 Å². The molecule has 1 fully saturated rings. The largest absolute Gasteiger partial charge is 0.347 e. The molecule has 1 aliphatic rings. The molecule has 0 spiro atoms. The second kappa shape index (κ2) is 5.70. The SMILES string of the molecule is CC(C)CN1C[C@@H](C)C(=O)N(c2ccccc2)C1=S. The second-order valence-electron chi connectivity index (χ2n) is 5.49. The molecule has 0 aliphatic carbocycles. The van der Waals surface area contributed by atoms with Crippen LogP contribution in [0.4, 0.5) is 5.69 Å². The third-order valence-electron chi connectivity index (χ3n) is 3.20. The predicted molar refractivity (Wildman–Crippen MR) is 82.1 cm³/mol. The van der Waals surface area contributed by atoms with Gasteiger partial charge in [-0.15, -0.1) is 0 Å². The average Bonchev–Trinajstić information content (AvgIpc) is 2.37. The lowest BCUT2D eigenvalue weighted by Crippen LogP contribution is -2.56. The van der Waals surface area contributed by atoms with Gasteiger partial charge in [0.2, 0.25) is 5.91 Å². The van der Waals surface area contributed by atoms with Gasteiger partial charge in [0.05, 0.1) is 11.6 Å². The van der Waals surface area contributed by atoms with Gasteiger partial charge in [-0.1, -0.05) is 39.0 Å². The molecule has 0 saturated carbocycles. The van der Waals surface area contributed by atoms with Crippen LogP contribution in [0.1, 0.15) is 20.8 Å². The zero-order valence-electron chi connectivity index (χ0n) is 11.7. The van der Waals surface area contributed by atoms with Crippen molar-refractivity contribution < 1.29 is 4.79 Å². The Hall–Kier alpha value is -1.42. The number of anilines is 1. The first kappa shape index (κ1) is 14.0. The zero-order chi connectivity index (χ0) is 14.0. The van der Waals surface area contributed by atoms with Gasteiger partial charge in [0.15, 0.2) is 5.11 Å². The highest BCUT2D eigenvalue weighted by Crippen LogP contribution is 2.24. The maximum absolute atomic E-state index is 12.4. The summed E-state index contributed by atoms with van der Waals surface area (Å²) in [5.74, 6) is 0.595. The number of hydrogen-bond donors (Lipinski definition) is 0. The maximum Gasteiger partial charge on any atom is 0.237 e. The molecular formula is C15H20N2OS. The summed E-state index contributed by atoms with van der Waals surface area (Å²) in [5, 5.41) is 0.628. The highest BCUT2D eigenvalue weighted by atomic mass is 32.1. The lowest BCUT2D eigenvalue weighted by molar-refractivity contribution is -0.122. The first-order valence-electron chi connectivity index (χ1n) is 6.68. The van der Waals surface area contributed by atoms with E-state index in [1.54, 1.807) is 4.90 Å². The number of rotatable bonds is 3. The number of amides is 1. The topological polar surface area (TPSA) is 23.6 Å². The molecule has 1 aliphatic heterocycles. The summed E-state index contributed by atoms with van der Waals surface area (Å²) in [6.45, 7) is 7.90. The maximum atomic E-state index is 12.4. The fraction of sp³-hybridized carbons (Fsp3) is 0.467. The number of benzene rings is 1. The normalized spacial score (nSPS) is 20.3. The summed E-state index contributed by atoms with van der Waals surface area (Å²) < 4.78 is 0. The van der Waals surface area contributed by atoms with E-state index >= 15 is 0 Å². The first-order valence-corrected chi connectivity index (χ1v) is 7.09. The number of carbonyl (C=O) groups excluding carboxylic acids is 1. The minimum absolute atomic E-state index is 0.0225. The van der Waals surface area contributed by atoms with Crippen molar-refractivity contribution in [3.8, 4) is 0 Å². The summed E-state index contributed by atoms with van der Waals surface area (Å²) in [4.78, 5) is 16.2. The average molecular weight is 276 g/mol. The van der Waals surface area contributed by atoms with E-state index in [-0.39, 0.29) is 11.8 Å². The Morgan fingerprint density at radius 3 is 2.53 bits per heavy atom. The lowest BCUT2D eigenvalue weighted by Gasteiger charge is -2.40. The van der Waals surface area contributed by atoms with Crippen LogP contribution in [0.3, 0.4) is 0 Å². The molecule has 1 atom stereocenters. The molecule has 0 bridgehead atoms. The van der Waals surface area contributed by atoms with Crippen molar-refractivity contribution in [1.82, 2.24) is 4.90 Å². The molecule has 102 valence electrons. The minimum Gasteiger partial charge on any atom is -0.347 e. The first-order chi connectivity index (χ1) is 9.00. The van der Waals surface area contributed by atoms with Crippen molar-refractivity contribution >= 4 is 28.9 Å². The fourth-order valence-electron chi connectivity index (χ4n) is 2.35. The van der Waals surface area contributed by atoms with Crippen molar-refractivity contribution in [2.45, 2.75) is 20.8 Å². The molecule has 2 rings (SSSR count). The Morgan fingerprint density at radius 1 is 1.32 bits per heavy atom. The Balaban J connectivity index is 2.29. The van der Waals surface area contributed by atoms with Gasteiger partial charge in [-0.3, -0.25) is 9.69 Å². The van der Waals surface area contributed by atoms with Crippen molar-refractivity contribution in [3.63, 3.8) is 0 Å². The number of carbonyl (C=O) groups is 1. The van der Waals surface area contributed by atoms with E-state index < -0.39 is 0 Å². The molecule has 3 nitrogen and oxygen atoms in total. The Morgan fingerprint density at radius 2 is 1.95 bits per heavy atom. The molecule has 0 unspecified atom stereocenters. The molecule has 1 aromatic carbocycles. The molecule has 0 N–H and O–H groups in total. The summed E-state index contributed by atoms with van der Waals surface area (Å²) in [6, 6.07) is 9.65. The second-order valence-corrected chi connectivity index (χ2v) is 5.86. The highest BCUT2D eigenvalue weighted by Gasteiger charge is 2.35. The van der Waals surface area contributed by atoms with Crippen LogP contribution in [0.5, 0.6) is 0 Å². The Bertz CT molecular complexity index is 472. The molecule has 0 radical (unpaired) electrons. The number of hydrogen-bond acceptors (Lipinski definition) is 2. The standard InChI is InChI=1S/C15H20N2OS/c1-11(2)9-16-10-12(3)14(18)17(15(16)19)13-7-5-4-6-8-13/h4-8,11-12H,9-10H2,1-3H3/t12-/m1/s1. The summed E-state index contributed by atoms with van der Waals surface area (Å²) in [6.07, 6.45) is 0. The van der Waals surface area contributed by atoms with E-state index in [0.29, 0.717) is 11.0 Å². The highest BCUT2D eigenvalue weighted by molar-refractivity contribution is 7.80. The van der Waals surface area contributed by atoms with Crippen LogP contribution in [0.2, 0.25) is 0 Å². The molecule has 1 amide bonds. The Labute approximate surface area is 120 Å². The summed E-state index contributed by atoms with van der Waals surface area (Å²) in [5.41, 5.74) is 0.859. The van der Waals surface area contributed by atoms with Gasteiger partial charge >= 0.3 is 0 Å². The third kappa shape index (κ3) is 2.95. The predicted octanol–water partition coefficient (Wildman–Crippen LogP) is 2.91. The van der Waals surface area contributed by atoms with Gasteiger partial charge < -0.3 is 4.90 Å². The van der Waals surface area contributed by atoms with Crippen molar-refractivity contribution in [2.75, 3.05) is 18.0 Å². The quantitative estimate of drug-likeness (QED) is 0.793. The van der Waals surface area contributed by atoms with Gasteiger partial charge in [-0.25, -0.2) is 0 Å². The van der Waals surface area contributed by atoms with E-state index in [1.807, 2.05) is 37.3 Å². The molecule has 1 saturated heterocycles. The van der Waals surface area contributed by atoms with Crippen LogP contribution >= 0.6 is 12.2 Å². The van der Waals surface area contributed by atoms with Gasteiger partial charge in [0.25, 0.3) is 0 Å². The summed E-state index contributed by atoms with van der Waals surface area (Å²) >= 11 is 5.51. The number of nitrogens with zero attached hydrogens (tertiary/aromatic N) is 2. The smallest absolute Gasteiger partial charge is 0.237 e. The van der Waals surface area contributed by atoms with Gasteiger partial charge in [0, 0.05) is 13.1 Å². The van der Waals surface area contributed by atoms with Crippen LogP contribution in [0.15, 0.2) is 30.3 Å². The van der Waals surface area contributed by atoms with Gasteiger partial charge in [0.1, 0.15) is 0 Å². The van der Waals surface area contributed by atoms with Crippen molar-refractivity contribution in [1.29, 1.82) is 0 Å². The van der Waals surface area contributed by atoms with Crippen molar-refractivity contribution in [2.24, 2.45) is 11.8 Å². The molecule has 19 heavy (non-hydrogen) atoms. The van der Waals surface area contributed by atoms with Crippen LogP contribution in [0, 0.1) is 11.8 Å². The molecular weight excluding hydrogens is 256 g/mol. The summed E-state index contributed by atoms with van der Waals surface area (Å²) in [7, 11) is 0. The van der Waals surface area contributed by atoms with Gasteiger partial charge in [-0.05, 0) is 30.3 Å². The monoisotopic (exact) mass is 276 g/mol. The zero-order valence-corrected chi connectivity index (χ0v) is 12.5. The van der Waals surface area contributed by atoms with Crippen LogP contribution < -0.4 is 4.90 Å². The third-order valence-corrected chi connectivity index (χ3v) is 3.64. The van der Waals surface area contributed by atoms with E-state index in [4.69, 9.17) is 12.2 Å². The molecule has 1 aromatic rings. The van der Waals surface area contributed by atoms with Crippen LogP contribution in [0.25, 0.3) is 0 Å².